The molecule has 0 aromatic heterocycles. The zero-order chi connectivity index (χ0) is 18.7. The Morgan fingerprint density at radius 3 is 2.40 bits per heavy atom. The lowest BCUT2D eigenvalue weighted by Gasteiger charge is -2.21. The Balaban J connectivity index is 2.11. The number of hydrogen-bond donors (Lipinski definition) is 2. The van der Waals surface area contributed by atoms with Crippen LogP contribution in [0.3, 0.4) is 0 Å². The fourth-order valence-electron chi connectivity index (χ4n) is 2.17. The Morgan fingerprint density at radius 1 is 1.12 bits per heavy atom. The van der Waals surface area contributed by atoms with Crippen molar-refractivity contribution in [2.75, 3.05) is 6.61 Å². The first-order valence-corrected chi connectivity index (χ1v) is 8.02. The molecule has 25 heavy (non-hydrogen) atoms. The van der Waals surface area contributed by atoms with Crippen LogP contribution in [0, 0.1) is 0 Å². The van der Waals surface area contributed by atoms with Crippen LogP contribution >= 0.6 is 11.6 Å². The van der Waals surface area contributed by atoms with Gasteiger partial charge in [-0.1, -0.05) is 23.7 Å². The van der Waals surface area contributed by atoms with E-state index in [1.165, 1.54) is 12.1 Å². The first kappa shape index (κ1) is 19.6. The van der Waals surface area contributed by atoms with E-state index in [9.17, 15) is 18.3 Å². The molecule has 2 aromatic rings. The number of alkyl halides is 3. The van der Waals surface area contributed by atoms with Gasteiger partial charge in [0.2, 0.25) is 0 Å². The van der Waals surface area contributed by atoms with E-state index in [1.807, 2.05) is 0 Å². The molecule has 0 amide bonds. The first-order chi connectivity index (χ1) is 11.6. The van der Waals surface area contributed by atoms with Gasteiger partial charge in [-0.2, -0.15) is 13.2 Å². The molecule has 7 heteroatoms. The quantitative estimate of drug-likeness (QED) is 0.765. The molecule has 0 aliphatic rings. The van der Waals surface area contributed by atoms with E-state index < -0.39 is 17.3 Å². The average molecular weight is 374 g/mol. The third-order valence-corrected chi connectivity index (χ3v) is 4.10. The molecule has 0 saturated carbocycles. The molecule has 0 spiro atoms. The summed E-state index contributed by atoms with van der Waals surface area (Å²) in [5, 5.41) is 9.60. The normalized spacial score (nSPS) is 14.2. The van der Waals surface area contributed by atoms with Crippen LogP contribution in [0.2, 0.25) is 5.02 Å². The topological polar surface area (TPSA) is 55.5 Å². The summed E-state index contributed by atoms with van der Waals surface area (Å²) in [5.41, 5.74) is 5.23. The third kappa shape index (κ3) is 5.63. The summed E-state index contributed by atoms with van der Waals surface area (Å²) >= 11 is 6.21. The lowest BCUT2D eigenvalue weighted by molar-refractivity contribution is -0.137. The molecule has 0 aliphatic heterocycles. The molecule has 1 unspecified atom stereocenters. The zero-order valence-corrected chi connectivity index (χ0v) is 14.4. The van der Waals surface area contributed by atoms with Crippen molar-refractivity contribution in [3.8, 4) is 11.5 Å². The molecule has 3 N–H and O–H groups in total. The molecule has 0 aliphatic carbocycles. The molecule has 2 aromatic carbocycles. The van der Waals surface area contributed by atoms with Crippen LogP contribution in [-0.4, -0.2) is 17.3 Å². The fraction of sp³-hybridized carbons (Fsp3) is 0.333. The van der Waals surface area contributed by atoms with E-state index in [4.69, 9.17) is 22.1 Å². The monoisotopic (exact) mass is 373 g/mol. The summed E-state index contributed by atoms with van der Waals surface area (Å²) in [6.45, 7) is 1.60. The van der Waals surface area contributed by atoms with Gasteiger partial charge in [0, 0.05) is 10.6 Å². The Labute approximate surface area is 149 Å². The number of hydrogen-bond acceptors (Lipinski definition) is 3. The minimum absolute atomic E-state index is 0.0773. The standard InChI is InChI=1S/C18H19ClF3NO2/c1-17(23,11-24)8-7-12-5-6-15(10-16(12)19)25-14-4-2-3-13(9-14)18(20,21)22/h2-6,9-10,24H,7-8,11,23H2,1H3. The molecule has 0 fully saturated rings. The fourth-order valence-corrected chi connectivity index (χ4v) is 2.43. The number of halogens is 4. The minimum Gasteiger partial charge on any atom is -0.457 e. The highest BCUT2D eigenvalue weighted by Gasteiger charge is 2.30. The van der Waals surface area contributed by atoms with Gasteiger partial charge in [0.25, 0.3) is 0 Å². The molecule has 136 valence electrons. The maximum absolute atomic E-state index is 12.7. The Bertz CT molecular complexity index is 733. The van der Waals surface area contributed by atoms with Gasteiger partial charge < -0.3 is 15.6 Å². The highest BCUT2D eigenvalue weighted by molar-refractivity contribution is 6.31. The Kier molecular flexibility index (Phi) is 5.98. The summed E-state index contributed by atoms with van der Waals surface area (Å²) in [6.07, 6.45) is -3.32. The summed E-state index contributed by atoms with van der Waals surface area (Å²) in [4.78, 5) is 0. The van der Waals surface area contributed by atoms with Gasteiger partial charge in [-0.3, -0.25) is 0 Å². The van der Waals surface area contributed by atoms with E-state index in [0.717, 1.165) is 17.7 Å². The van der Waals surface area contributed by atoms with Crippen molar-refractivity contribution < 1.29 is 23.0 Å². The lowest BCUT2D eigenvalue weighted by Crippen LogP contribution is -2.40. The smallest absolute Gasteiger partial charge is 0.416 e. The van der Waals surface area contributed by atoms with Crippen LogP contribution < -0.4 is 10.5 Å². The second-order valence-electron chi connectivity index (χ2n) is 6.19. The summed E-state index contributed by atoms with van der Waals surface area (Å²) in [5.74, 6) is 0.416. The number of aliphatic hydroxyl groups is 1. The van der Waals surface area contributed by atoms with Crippen molar-refractivity contribution in [1.29, 1.82) is 0 Å². The average Bonchev–Trinajstić information content (AvgIpc) is 2.53. The van der Waals surface area contributed by atoms with Gasteiger partial charge in [-0.25, -0.2) is 0 Å². The van der Waals surface area contributed by atoms with Crippen molar-refractivity contribution in [2.45, 2.75) is 31.5 Å². The first-order valence-electron chi connectivity index (χ1n) is 7.64. The van der Waals surface area contributed by atoms with Crippen molar-refractivity contribution in [2.24, 2.45) is 5.73 Å². The van der Waals surface area contributed by atoms with Crippen molar-refractivity contribution >= 4 is 11.6 Å². The molecule has 1 atom stereocenters. The Hall–Kier alpha value is -1.76. The van der Waals surface area contributed by atoms with Crippen LogP contribution in [-0.2, 0) is 12.6 Å². The maximum Gasteiger partial charge on any atom is 0.416 e. The number of ether oxygens (including phenoxy) is 1. The predicted octanol–water partition coefficient (Wildman–Crippen LogP) is 4.79. The van der Waals surface area contributed by atoms with Gasteiger partial charge in [-0.05, 0) is 55.7 Å². The number of rotatable bonds is 6. The molecule has 0 bridgehead atoms. The summed E-state index contributed by atoms with van der Waals surface area (Å²) < 4.78 is 43.7. The van der Waals surface area contributed by atoms with E-state index in [-0.39, 0.29) is 12.4 Å². The van der Waals surface area contributed by atoms with Gasteiger partial charge in [0.1, 0.15) is 11.5 Å². The summed E-state index contributed by atoms with van der Waals surface area (Å²) in [6, 6.07) is 9.55. The largest absolute Gasteiger partial charge is 0.457 e. The second-order valence-corrected chi connectivity index (χ2v) is 6.60. The van der Waals surface area contributed by atoms with Crippen LogP contribution in [0.15, 0.2) is 42.5 Å². The summed E-state index contributed by atoms with van der Waals surface area (Å²) in [7, 11) is 0. The van der Waals surface area contributed by atoms with Crippen LogP contribution in [0.4, 0.5) is 13.2 Å². The number of aliphatic hydroxyl groups excluding tert-OH is 1. The van der Waals surface area contributed by atoms with E-state index in [0.29, 0.717) is 23.6 Å². The van der Waals surface area contributed by atoms with Crippen LogP contribution in [0.1, 0.15) is 24.5 Å². The molecular weight excluding hydrogens is 355 g/mol. The van der Waals surface area contributed by atoms with Gasteiger partial charge in [0.15, 0.2) is 0 Å². The van der Waals surface area contributed by atoms with E-state index >= 15 is 0 Å². The van der Waals surface area contributed by atoms with Gasteiger partial charge >= 0.3 is 6.18 Å². The highest BCUT2D eigenvalue weighted by Crippen LogP contribution is 2.33. The Morgan fingerprint density at radius 2 is 1.80 bits per heavy atom. The SMILES string of the molecule is CC(N)(CO)CCc1ccc(Oc2cccc(C(F)(F)F)c2)cc1Cl. The van der Waals surface area contributed by atoms with Crippen molar-refractivity contribution in [3.63, 3.8) is 0 Å². The molecule has 0 saturated heterocycles. The second kappa shape index (κ2) is 7.64. The van der Waals surface area contributed by atoms with Gasteiger partial charge in [0.05, 0.1) is 12.2 Å². The lowest BCUT2D eigenvalue weighted by atomic mass is 9.95. The van der Waals surface area contributed by atoms with E-state index in [2.05, 4.69) is 0 Å². The molecule has 0 radical (unpaired) electrons. The molecular formula is C18H19ClF3NO2. The number of benzene rings is 2. The van der Waals surface area contributed by atoms with Gasteiger partial charge in [-0.15, -0.1) is 0 Å². The molecule has 2 rings (SSSR count). The zero-order valence-electron chi connectivity index (χ0n) is 13.6. The maximum atomic E-state index is 12.7. The van der Waals surface area contributed by atoms with Crippen LogP contribution in [0.5, 0.6) is 11.5 Å². The third-order valence-electron chi connectivity index (χ3n) is 3.75. The highest BCUT2D eigenvalue weighted by atomic mass is 35.5. The minimum atomic E-state index is -4.43. The molecule has 0 heterocycles. The van der Waals surface area contributed by atoms with Crippen LogP contribution in [0.25, 0.3) is 0 Å². The van der Waals surface area contributed by atoms with Crippen molar-refractivity contribution in [1.82, 2.24) is 0 Å². The number of aryl methyl sites for hydroxylation is 1. The number of nitrogens with two attached hydrogens (primary N) is 1. The molecule has 3 nitrogen and oxygen atoms in total. The van der Waals surface area contributed by atoms with E-state index in [1.54, 1.807) is 25.1 Å². The predicted molar refractivity (Wildman–Crippen MR) is 91.0 cm³/mol. The van der Waals surface area contributed by atoms with Crippen molar-refractivity contribution in [3.05, 3.63) is 58.6 Å².